The van der Waals surface area contributed by atoms with Crippen molar-refractivity contribution in [3.05, 3.63) is 87.7 Å². The fraction of sp³-hybridized carbons (Fsp3) is 0.238. The van der Waals surface area contributed by atoms with Gasteiger partial charge in [0.05, 0.1) is 18.7 Å². The van der Waals surface area contributed by atoms with Crippen molar-refractivity contribution in [1.29, 1.82) is 0 Å². The maximum atomic E-state index is 12.2. The highest BCUT2D eigenvalue weighted by Gasteiger charge is 2.13. The largest absolute Gasteiger partial charge is 0.352 e. The second-order valence-corrected chi connectivity index (χ2v) is 6.81. The van der Waals surface area contributed by atoms with Crippen LogP contribution in [0.1, 0.15) is 28.1 Å². The van der Waals surface area contributed by atoms with Gasteiger partial charge in [0.2, 0.25) is 5.91 Å². The first-order valence-electron chi connectivity index (χ1n) is 8.61. The van der Waals surface area contributed by atoms with E-state index in [4.69, 9.17) is 11.6 Å². The summed E-state index contributed by atoms with van der Waals surface area (Å²) in [6.07, 6.45) is 0.341. The number of hydrogen-bond donors (Lipinski definition) is 1. The molecule has 1 aromatic heterocycles. The molecule has 0 aliphatic carbocycles. The fourth-order valence-electron chi connectivity index (χ4n) is 2.94. The number of halogens is 1. The average molecular weight is 368 g/mol. The van der Waals surface area contributed by atoms with Crippen LogP contribution in [0.25, 0.3) is 0 Å². The van der Waals surface area contributed by atoms with E-state index in [-0.39, 0.29) is 5.91 Å². The minimum atomic E-state index is -0.0121. The van der Waals surface area contributed by atoms with Crippen LogP contribution in [0.3, 0.4) is 0 Å². The van der Waals surface area contributed by atoms with Gasteiger partial charge >= 0.3 is 0 Å². The Hall–Kier alpha value is -2.59. The average Bonchev–Trinajstić information content (AvgIpc) is 2.89. The molecule has 1 N–H and O–H groups in total. The Bertz CT molecular complexity index is 886. The number of aromatic nitrogens is 2. The molecule has 0 atom stereocenters. The van der Waals surface area contributed by atoms with Crippen molar-refractivity contribution in [3.8, 4) is 0 Å². The summed E-state index contributed by atoms with van der Waals surface area (Å²) >= 11 is 5.87. The van der Waals surface area contributed by atoms with Crippen LogP contribution < -0.4 is 5.32 Å². The highest BCUT2D eigenvalue weighted by atomic mass is 35.5. The lowest BCUT2D eigenvalue weighted by Crippen LogP contribution is -2.25. The summed E-state index contributed by atoms with van der Waals surface area (Å²) in [5.74, 6) is -0.0121. The second kappa shape index (κ2) is 8.19. The van der Waals surface area contributed by atoms with Gasteiger partial charge in [-0.3, -0.25) is 9.48 Å². The summed E-state index contributed by atoms with van der Waals surface area (Å²) in [4.78, 5) is 12.2. The van der Waals surface area contributed by atoms with Gasteiger partial charge in [-0.15, -0.1) is 0 Å². The van der Waals surface area contributed by atoms with Crippen LogP contribution in [0, 0.1) is 13.8 Å². The molecule has 0 bridgehead atoms. The quantitative estimate of drug-likeness (QED) is 0.714. The Morgan fingerprint density at radius 3 is 2.42 bits per heavy atom. The molecule has 0 radical (unpaired) electrons. The van der Waals surface area contributed by atoms with Gasteiger partial charge in [0, 0.05) is 22.8 Å². The van der Waals surface area contributed by atoms with Crippen LogP contribution in [0.5, 0.6) is 0 Å². The van der Waals surface area contributed by atoms with Crippen molar-refractivity contribution in [1.82, 2.24) is 15.1 Å². The number of benzene rings is 2. The molecule has 1 heterocycles. The van der Waals surface area contributed by atoms with E-state index in [1.165, 1.54) is 5.56 Å². The number of carbonyl (C=O) groups is 1. The minimum Gasteiger partial charge on any atom is -0.352 e. The van der Waals surface area contributed by atoms with Crippen LogP contribution in [0.4, 0.5) is 0 Å². The number of nitrogens with one attached hydrogen (secondary N) is 1. The number of hydrogen-bond acceptors (Lipinski definition) is 2. The Kier molecular flexibility index (Phi) is 5.74. The fourth-order valence-corrected chi connectivity index (χ4v) is 3.06. The number of aryl methyl sites for hydroxylation is 1. The monoisotopic (exact) mass is 367 g/mol. The first kappa shape index (κ1) is 18.2. The molecule has 134 valence electrons. The predicted molar refractivity (Wildman–Crippen MR) is 104 cm³/mol. The van der Waals surface area contributed by atoms with E-state index in [1.54, 1.807) is 12.1 Å². The molecule has 0 spiro atoms. The molecule has 0 unspecified atom stereocenters. The van der Waals surface area contributed by atoms with Crippen molar-refractivity contribution < 1.29 is 4.79 Å². The number of rotatable bonds is 6. The summed E-state index contributed by atoms with van der Waals surface area (Å²) in [6, 6.07) is 17.6. The van der Waals surface area contributed by atoms with Gasteiger partial charge in [-0.25, -0.2) is 0 Å². The van der Waals surface area contributed by atoms with Gasteiger partial charge < -0.3 is 5.32 Å². The summed E-state index contributed by atoms with van der Waals surface area (Å²) < 4.78 is 1.99. The topological polar surface area (TPSA) is 46.9 Å². The van der Waals surface area contributed by atoms with E-state index in [1.807, 2.05) is 48.9 Å². The lowest BCUT2D eigenvalue weighted by atomic mass is 10.1. The smallest absolute Gasteiger partial charge is 0.224 e. The first-order valence-corrected chi connectivity index (χ1v) is 8.98. The molecule has 0 aliphatic heterocycles. The van der Waals surface area contributed by atoms with Gasteiger partial charge in [-0.2, -0.15) is 5.10 Å². The van der Waals surface area contributed by atoms with E-state index in [0.717, 1.165) is 29.1 Å². The molecule has 2 aromatic carbocycles. The van der Waals surface area contributed by atoms with Gasteiger partial charge in [-0.1, -0.05) is 54.1 Å². The Morgan fingerprint density at radius 2 is 1.73 bits per heavy atom. The zero-order valence-corrected chi connectivity index (χ0v) is 15.8. The van der Waals surface area contributed by atoms with E-state index < -0.39 is 0 Å². The first-order chi connectivity index (χ1) is 12.5. The molecule has 1 amide bonds. The molecule has 4 nitrogen and oxygen atoms in total. The van der Waals surface area contributed by atoms with Gasteiger partial charge in [-0.05, 0) is 37.1 Å². The highest BCUT2D eigenvalue weighted by Crippen LogP contribution is 2.15. The summed E-state index contributed by atoms with van der Waals surface area (Å²) in [7, 11) is 0. The van der Waals surface area contributed by atoms with Crippen LogP contribution in [0.2, 0.25) is 5.02 Å². The van der Waals surface area contributed by atoms with Crippen molar-refractivity contribution in [2.24, 2.45) is 0 Å². The molecule has 26 heavy (non-hydrogen) atoms. The molecular weight excluding hydrogens is 346 g/mol. The second-order valence-electron chi connectivity index (χ2n) is 6.37. The number of carbonyl (C=O) groups excluding carboxylic acids is 1. The molecule has 5 heteroatoms. The maximum absolute atomic E-state index is 12.2. The van der Waals surface area contributed by atoms with Crippen molar-refractivity contribution in [2.75, 3.05) is 0 Å². The molecule has 0 saturated carbocycles. The Balaban J connectivity index is 1.62. The molecular formula is C21H22ClN3O. The van der Waals surface area contributed by atoms with E-state index in [9.17, 15) is 4.79 Å². The predicted octanol–water partition coefficient (Wildman–Crippen LogP) is 4.06. The van der Waals surface area contributed by atoms with Crippen LogP contribution >= 0.6 is 11.6 Å². The van der Waals surface area contributed by atoms with E-state index >= 15 is 0 Å². The van der Waals surface area contributed by atoms with Gasteiger partial charge in [0.15, 0.2) is 0 Å². The SMILES string of the molecule is Cc1nn(Cc2ccccc2)c(C)c1CNC(=O)Cc1ccc(Cl)cc1. The van der Waals surface area contributed by atoms with Crippen molar-refractivity contribution in [2.45, 2.75) is 33.4 Å². The molecule has 3 aromatic rings. The minimum absolute atomic E-state index is 0.0121. The van der Waals surface area contributed by atoms with Crippen LogP contribution in [-0.2, 0) is 24.3 Å². The Labute approximate surface area is 158 Å². The van der Waals surface area contributed by atoms with Crippen molar-refractivity contribution >= 4 is 17.5 Å². The summed E-state index contributed by atoms with van der Waals surface area (Å²) in [5.41, 5.74) is 5.25. The lowest BCUT2D eigenvalue weighted by molar-refractivity contribution is -0.120. The molecule has 0 saturated heterocycles. The van der Waals surface area contributed by atoms with E-state index in [0.29, 0.717) is 18.0 Å². The summed E-state index contributed by atoms with van der Waals surface area (Å²) in [5, 5.41) is 8.30. The van der Waals surface area contributed by atoms with Gasteiger partial charge in [0.1, 0.15) is 0 Å². The molecule has 0 fully saturated rings. The standard InChI is InChI=1S/C21H22ClN3O/c1-15-20(13-23-21(26)12-17-8-10-19(22)11-9-17)16(2)25(24-15)14-18-6-4-3-5-7-18/h3-11H,12-14H2,1-2H3,(H,23,26). The highest BCUT2D eigenvalue weighted by molar-refractivity contribution is 6.30. The van der Waals surface area contributed by atoms with Crippen LogP contribution in [0.15, 0.2) is 54.6 Å². The summed E-state index contributed by atoms with van der Waals surface area (Å²) in [6.45, 7) is 5.24. The number of amides is 1. The number of nitrogens with zero attached hydrogens (tertiary/aromatic N) is 2. The normalized spacial score (nSPS) is 10.7. The Morgan fingerprint density at radius 1 is 1.04 bits per heavy atom. The maximum Gasteiger partial charge on any atom is 0.224 e. The zero-order chi connectivity index (χ0) is 18.5. The van der Waals surface area contributed by atoms with Crippen LogP contribution in [-0.4, -0.2) is 15.7 Å². The third-order valence-corrected chi connectivity index (χ3v) is 4.70. The third-order valence-electron chi connectivity index (χ3n) is 4.45. The molecule has 0 aliphatic rings. The molecule has 3 rings (SSSR count). The van der Waals surface area contributed by atoms with Gasteiger partial charge in [0.25, 0.3) is 0 Å². The van der Waals surface area contributed by atoms with Crippen molar-refractivity contribution in [3.63, 3.8) is 0 Å². The third kappa shape index (κ3) is 4.52. The lowest BCUT2D eigenvalue weighted by Gasteiger charge is -2.08. The zero-order valence-electron chi connectivity index (χ0n) is 15.0. The van der Waals surface area contributed by atoms with E-state index in [2.05, 4.69) is 22.5 Å².